The van der Waals surface area contributed by atoms with Crippen LogP contribution in [0.3, 0.4) is 0 Å². The van der Waals surface area contributed by atoms with E-state index in [1.807, 2.05) is 25.3 Å². The van der Waals surface area contributed by atoms with Gasteiger partial charge in [-0.15, -0.1) is 17.8 Å². The Balaban J connectivity index is 2.64. The maximum absolute atomic E-state index is 11.8. The SMILES string of the molecule is C#CC(CCC)NC(=O)c1sccc1C. The largest absolute Gasteiger partial charge is 0.338 e. The number of terminal acetylenes is 1. The minimum Gasteiger partial charge on any atom is -0.338 e. The fourth-order valence-corrected chi connectivity index (χ4v) is 2.14. The lowest BCUT2D eigenvalue weighted by atomic mass is 10.1. The number of aryl methyl sites for hydroxylation is 1. The summed E-state index contributed by atoms with van der Waals surface area (Å²) >= 11 is 1.45. The maximum atomic E-state index is 11.8. The van der Waals surface area contributed by atoms with E-state index < -0.39 is 0 Å². The van der Waals surface area contributed by atoms with Crippen LogP contribution in [0, 0.1) is 19.3 Å². The Hall–Kier alpha value is -1.27. The highest BCUT2D eigenvalue weighted by molar-refractivity contribution is 7.12. The van der Waals surface area contributed by atoms with Crippen molar-refractivity contribution in [1.29, 1.82) is 0 Å². The molecule has 1 heterocycles. The van der Waals surface area contributed by atoms with Crippen LogP contribution >= 0.6 is 11.3 Å². The van der Waals surface area contributed by atoms with Crippen molar-refractivity contribution >= 4 is 17.2 Å². The average molecular weight is 221 g/mol. The molecule has 0 radical (unpaired) electrons. The van der Waals surface area contributed by atoms with Crippen LogP contribution in [0.5, 0.6) is 0 Å². The first kappa shape index (κ1) is 11.8. The molecule has 1 amide bonds. The molecule has 1 aromatic rings. The molecular formula is C12H15NOS. The normalized spacial score (nSPS) is 11.8. The molecule has 0 fully saturated rings. The molecule has 0 spiro atoms. The lowest BCUT2D eigenvalue weighted by Gasteiger charge is -2.11. The first-order valence-corrected chi connectivity index (χ1v) is 5.88. The molecule has 1 unspecified atom stereocenters. The van der Waals surface area contributed by atoms with Crippen LogP contribution in [0.2, 0.25) is 0 Å². The molecule has 1 atom stereocenters. The van der Waals surface area contributed by atoms with Crippen molar-refractivity contribution in [2.45, 2.75) is 32.7 Å². The molecule has 2 nitrogen and oxygen atoms in total. The van der Waals surface area contributed by atoms with E-state index in [1.54, 1.807) is 0 Å². The van der Waals surface area contributed by atoms with Gasteiger partial charge in [-0.25, -0.2) is 0 Å². The number of carbonyl (C=O) groups excluding carboxylic acids is 1. The smallest absolute Gasteiger partial charge is 0.262 e. The number of amides is 1. The van der Waals surface area contributed by atoms with Crippen LogP contribution in [0.1, 0.15) is 35.0 Å². The van der Waals surface area contributed by atoms with Crippen molar-refractivity contribution in [2.24, 2.45) is 0 Å². The molecule has 0 aliphatic carbocycles. The van der Waals surface area contributed by atoms with E-state index in [4.69, 9.17) is 6.42 Å². The zero-order valence-electron chi connectivity index (χ0n) is 9.04. The minimum absolute atomic E-state index is 0.0566. The second-order valence-corrected chi connectivity index (χ2v) is 4.33. The summed E-state index contributed by atoms with van der Waals surface area (Å²) in [6.45, 7) is 3.98. The highest BCUT2D eigenvalue weighted by atomic mass is 32.1. The molecule has 3 heteroatoms. The van der Waals surface area contributed by atoms with Crippen molar-refractivity contribution in [1.82, 2.24) is 5.32 Å². The lowest BCUT2D eigenvalue weighted by molar-refractivity contribution is 0.0948. The Kier molecular flexibility index (Phi) is 4.38. The third kappa shape index (κ3) is 3.10. The van der Waals surface area contributed by atoms with Crippen molar-refractivity contribution < 1.29 is 4.79 Å². The molecule has 0 bridgehead atoms. The summed E-state index contributed by atoms with van der Waals surface area (Å²) in [4.78, 5) is 12.5. The van der Waals surface area contributed by atoms with Crippen molar-refractivity contribution in [3.8, 4) is 12.3 Å². The van der Waals surface area contributed by atoms with E-state index in [9.17, 15) is 4.79 Å². The van der Waals surface area contributed by atoms with Gasteiger partial charge in [0.1, 0.15) is 0 Å². The maximum Gasteiger partial charge on any atom is 0.262 e. The van der Waals surface area contributed by atoms with Gasteiger partial charge < -0.3 is 5.32 Å². The second-order valence-electron chi connectivity index (χ2n) is 3.41. The van der Waals surface area contributed by atoms with E-state index in [2.05, 4.69) is 11.2 Å². The van der Waals surface area contributed by atoms with Crippen LogP contribution in [-0.4, -0.2) is 11.9 Å². The minimum atomic E-state index is -0.149. The van der Waals surface area contributed by atoms with Crippen LogP contribution in [0.25, 0.3) is 0 Å². The van der Waals surface area contributed by atoms with Gasteiger partial charge in [0.25, 0.3) is 5.91 Å². The fraction of sp³-hybridized carbons (Fsp3) is 0.417. The highest BCUT2D eigenvalue weighted by Crippen LogP contribution is 2.15. The van der Waals surface area contributed by atoms with Gasteiger partial charge in [0.2, 0.25) is 0 Å². The number of nitrogens with one attached hydrogen (secondary N) is 1. The van der Waals surface area contributed by atoms with E-state index in [0.717, 1.165) is 23.3 Å². The zero-order valence-corrected chi connectivity index (χ0v) is 9.86. The van der Waals surface area contributed by atoms with Gasteiger partial charge in [-0.2, -0.15) is 0 Å². The summed E-state index contributed by atoms with van der Waals surface area (Å²) < 4.78 is 0. The fourth-order valence-electron chi connectivity index (χ4n) is 1.31. The zero-order chi connectivity index (χ0) is 11.3. The number of rotatable bonds is 4. The Morgan fingerprint density at radius 3 is 2.93 bits per heavy atom. The molecular weight excluding hydrogens is 206 g/mol. The summed E-state index contributed by atoms with van der Waals surface area (Å²) in [5.41, 5.74) is 1.00. The number of thiophene rings is 1. The third-order valence-electron chi connectivity index (χ3n) is 2.15. The summed E-state index contributed by atoms with van der Waals surface area (Å²) in [5.74, 6) is 2.53. The monoisotopic (exact) mass is 221 g/mol. The Labute approximate surface area is 94.7 Å². The molecule has 80 valence electrons. The predicted octanol–water partition coefficient (Wildman–Crippen LogP) is 2.59. The summed E-state index contributed by atoms with van der Waals surface area (Å²) in [7, 11) is 0. The average Bonchev–Trinajstić information content (AvgIpc) is 2.63. The summed E-state index contributed by atoms with van der Waals surface area (Å²) in [6.07, 6.45) is 7.13. The number of carbonyl (C=O) groups is 1. The lowest BCUT2D eigenvalue weighted by Crippen LogP contribution is -2.33. The number of hydrogen-bond acceptors (Lipinski definition) is 2. The van der Waals surface area contributed by atoms with Gasteiger partial charge in [0, 0.05) is 0 Å². The Morgan fingerprint density at radius 1 is 1.73 bits per heavy atom. The van der Waals surface area contributed by atoms with E-state index in [0.29, 0.717) is 0 Å². The quantitative estimate of drug-likeness (QED) is 0.778. The van der Waals surface area contributed by atoms with E-state index in [-0.39, 0.29) is 11.9 Å². The van der Waals surface area contributed by atoms with Crippen LogP contribution in [-0.2, 0) is 0 Å². The summed E-state index contributed by atoms with van der Waals surface area (Å²) in [6, 6.07) is 1.79. The Morgan fingerprint density at radius 2 is 2.47 bits per heavy atom. The molecule has 0 aliphatic rings. The molecule has 15 heavy (non-hydrogen) atoms. The molecule has 1 rings (SSSR count). The van der Waals surface area contributed by atoms with E-state index in [1.165, 1.54) is 11.3 Å². The second kappa shape index (κ2) is 5.57. The molecule has 0 aliphatic heterocycles. The molecule has 1 N–H and O–H groups in total. The van der Waals surface area contributed by atoms with E-state index >= 15 is 0 Å². The van der Waals surface area contributed by atoms with Gasteiger partial charge in [-0.1, -0.05) is 19.3 Å². The molecule has 0 saturated carbocycles. The Bertz CT molecular complexity index is 375. The molecule has 0 saturated heterocycles. The van der Waals surface area contributed by atoms with Crippen molar-refractivity contribution in [3.05, 3.63) is 21.9 Å². The first-order valence-electron chi connectivity index (χ1n) is 5.00. The third-order valence-corrected chi connectivity index (χ3v) is 3.17. The van der Waals surface area contributed by atoms with Gasteiger partial charge in [-0.05, 0) is 30.4 Å². The summed E-state index contributed by atoms with van der Waals surface area (Å²) in [5, 5.41) is 4.76. The van der Waals surface area contributed by atoms with Gasteiger partial charge in [-0.3, -0.25) is 4.79 Å². The topological polar surface area (TPSA) is 29.1 Å². The van der Waals surface area contributed by atoms with Gasteiger partial charge in [0.15, 0.2) is 0 Å². The number of hydrogen-bond donors (Lipinski definition) is 1. The van der Waals surface area contributed by atoms with Crippen LogP contribution < -0.4 is 5.32 Å². The van der Waals surface area contributed by atoms with Crippen molar-refractivity contribution in [3.63, 3.8) is 0 Å². The van der Waals surface area contributed by atoms with Gasteiger partial charge >= 0.3 is 0 Å². The van der Waals surface area contributed by atoms with Crippen LogP contribution in [0.15, 0.2) is 11.4 Å². The molecule has 1 aromatic heterocycles. The van der Waals surface area contributed by atoms with Gasteiger partial charge in [0.05, 0.1) is 10.9 Å². The van der Waals surface area contributed by atoms with Crippen LogP contribution in [0.4, 0.5) is 0 Å². The molecule has 0 aromatic carbocycles. The highest BCUT2D eigenvalue weighted by Gasteiger charge is 2.13. The first-order chi connectivity index (χ1) is 7.19. The van der Waals surface area contributed by atoms with Crippen molar-refractivity contribution in [2.75, 3.05) is 0 Å². The predicted molar refractivity (Wildman–Crippen MR) is 64.1 cm³/mol. The standard InChI is InChI=1S/C12H15NOS/c1-4-6-10(5-2)13-12(14)11-9(3)7-8-15-11/h2,7-8,10H,4,6H2,1,3H3,(H,13,14).